The van der Waals surface area contributed by atoms with Gasteiger partial charge in [-0.15, -0.1) is 0 Å². The van der Waals surface area contributed by atoms with E-state index in [1.165, 1.54) is 12.4 Å². The molecule has 1 aromatic heterocycles. The van der Waals surface area contributed by atoms with Crippen LogP contribution in [0.1, 0.15) is 17.4 Å². The maximum absolute atomic E-state index is 12.0. The first-order valence-corrected chi connectivity index (χ1v) is 5.81. The molecule has 0 unspecified atom stereocenters. The fraction of sp³-hybridized carbons (Fsp3) is 0.154. The molecule has 1 aromatic carbocycles. The molecule has 1 heterocycles. The number of carbonyl (C=O) groups excluding carboxylic acids is 1. The van der Waals surface area contributed by atoms with E-state index in [1.807, 2.05) is 13.0 Å². The van der Waals surface area contributed by atoms with E-state index in [0.29, 0.717) is 18.0 Å². The predicted octanol–water partition coefficient (Wildman–Crippen LogP) is 1.71. The standard InChI is InChI=1S/C13H14N4O2/c1-2-19-10-5-3-4-9(8-10)17-13(18)11-12(14)16-7-6-15-11/h3-8H,2H2,1H3,(H2,14,16)(H,17,18). The smallest absolute Gasteiger partial charge is 0.278 e. The molecule has 0 aliphatic heterocycles. The van der Waals surface area contributed by atoms with Gasteiger partial charge in [-0.3, -0.25) is 4.79 Å². The van der Waals surface area contributed by atoms with Crippen LogP contribution in [0.2, 0.25) is 0 Å². The minimum absolute atomic E-state index is 0.0981. The fourth-order valence-corrected chi connectivity index (χ4v) is 1.54. The average Bonchev–Trinajstić information content (AvgIpc) is 2.40. The number of carbonyl (C=O) groups is 1. The maximum Gasteiger partial charge on any atom is 0.278 e. The van der Waals surface area contributed by atoms with E-state index in [9.17, 15) is 4.79 Å². The highest BCUT2D eigenvalue weighted by Crippen LogP contribution is 2.18. The van der Waals surface area contributed by atoms with Crippen LogP contribution in [-0.4, -0.2) is 22.5 Å². The Kier molecular flexibility index (Phi) is 3.92. The maximum atomic E-state index is 12.0. The van der Waals surface area contributed by atoms with Crippen LogP contribution in [0.15, 0.2) is 36.7 Å². The first kappa shape index (κ1) is 12.8. The quantitative estimate of drug-likeness (QED) is 0.871. The van der Waals surface area contributed by atoms with Crippen molar-refractivity contribution in [3.63, 3.8) is 0 Å². The summed E-state index contributed by atoms with van der Waals surface area (Å²) in [4.78, 5) is 19.7. The predicted molar refractivity (Wildman–Crippen MR) is 72.0 cm³/mol. The van der Waals surface area contributed by atoms with E-state index in [1.54, 1.807) is 18.2 Å². The molecule has 1 amide bonds. The van der Waals surface area contributed by atoms with E-state index in [-0.39, 0.29) is 11.5 Å². The number of nitrogens with zero attached hydrogens (tertiary/aromatic N) is 2. The zero-order valence-electron chi connectivity index (χ0n) is 10.5. The van der Waals surface area contributed by atoms with Gasteiger partial charge < -0.3 is 15.8 Å². The van der Waals surface area contributed by atoms with Gasteiger partial charge in [0.2, 0.25) is 0 Å². The summed E-state index contributed by atoms with van der Waals surface area (Å²) in [5, 5.41) is 2.70. The van der Waals surface area contributed by atoms with E-state index in [4.69, 9.17) is 10.5 Å². The molecule has 2 rings (SSSR count). The first-order chi connectivity index (χ1) is 9.20. The molecule has 6 heteroatoms. The Labute approximate surface area is 110 Å². The van der Waals surface area contributed by atoms with Gasteiger partial charge in [0.15, 0.2) is 11.5 Å². The summed E-state index contributed by atoms with van der Waals surface area (Å²) >= 11 is 0. The minimum Gasteiger partial charge on any atom is -0.494 e. The van der Waals surface area contributed by atoms with Gasteiger partial charge in [-0.25, -0.2) is 9.97 Å². The Morgan fingerprint density at radius 2 is 2.16 bits per heavy atom. The number of benzene rings is 1. The molecule has 0 radical (unpaired) electrons. The number of hydrogen-bond acceptors (Lipinski definition) is 5. The number of anilines is 2. The zero-order valence-corrected chi connectivity index (χ0v) is 10.5. The van der Waals surface area contributed by atoms with Crippen molar-refractivity contribution in [1.82, 2.24) is 9.97 Å². The van der Waals surface area contributed by atoms with Gasteiger partial charge in [-0.05, 0) is 19.1 Å². The number of amides is 1. The van der Waals surface area contributed by atoms with Crippen LogP contribution >= 0.6 is 0 Å². The van der Waals surface area contributed by atoms with Crippen LogP contribution < -0.4 is 15.8 Å². The van der Waals surface area contributed by atoms with Gasteiger partial charge in [0.25, 0.3) is 5.91 Å². The minimum atomic E-state index is -0.403. The lowest BCUT2D eigenvalue weighted by Crippen LogP contribution is -2.16. The Balaban J connectivity index is 2.15. The van der Waals surface area contributed by atoms with Gasteiger partial charge in [0, 0.05) is 24.1 Å². The number of aromatic nitrogens is 2. The molecule has 19 heavy (non-hydrogen) atoms. The fourth-order valence-electron chi connectivity index (χ4n) is 1.54. The molecular formula is C13H14N4O2. The molecule has 6 nitrogen and oxygen atoms in total. The number of nitrogens with one attached hydrogen (secondary N) is 1. The monoisotopic (exact) mass is 258 g/mol. The van der Waals surface area contributed by atoms with E-state index in [0.717, 1.165) is 0 Å². The number of nitrogens with two attached hydrogens (primary N) is 1. The van der Waals surface area contributed by atoms with Gasteiger partial charge in [-0.2, -0.15) is 0 Å². The van der Waals surface area contributed by atoms with Crippen molar-refractivity contribution >= 4 is 17.4 Å². The SMILES string of the molecule is CCOc1cccc(NC(=O)c2nccnc2N)c1. The third kappa shape index (κ3) is 3.19. The normalized spacial score (nSPS) is 9.95. The molecule has 0 atom stereocenters. The van der Waals surface area contributed by atoms with Crippen LogP contribution in [0.3, 0.4) is 0 Å². The second-order valence-corrected chi connectivity index (χ2v) is 3.71. The van der Waals surface area contributed by atoms with Gasteiger partial charge in [0.05, 0.1) is 6.61 Å². The van der Waals surface area contributed by atoms with Gasteiger partial charge >= 0.3 is 0 Å². The van der Waals surface area contributed by atoms with Crippen molar-refractivity contribution in [2.75, 3.05) is 17.7 Å². The number of ether oxygens (including phenoxy) is 1. The van der Waals surface area contributed by atoms with Crippen molar-refractivity contribution in [2.45, 2.75) is 6.92 Å². The summed E-state index contributed by atoms with van der Waals surface area (Å²) < 4.78 is 5.35. The van der Waals surface area contributed by atoms with Crippen LogP contribution in [0.25, 0.3) is 0 Å². The molecule has 0 saturated heterocycles. The molecule has 2 aromatic rings. The van der Waals surface area contributed by atoms with Crippen LogP contribution in [0, 0.1) is 0 Å². The Bertz CT molecular complexity index is 586. The average molecular weight is 258 g/mol. The molecule has 0 fully saturated rings. The third-order valence-corrected chi connectivity index (χ3v) is 2.34. The van der Waals surface area contributed by atoms with E-state index in [2.05, 4.69) is 15.3 Å². The summed E-state index contributed by atoms with van der Waals surface area (Å²) in [6, 6.07) is 7.09. The second-order valence-electron chi connectivity index (χ2n) is 3.71. The highest BCUT2D eigenvalue weighted by Gasteiger charge is 2.12. The molecule has 0 aliphatic carbocycles. The van der Waals surface area contributed by atoms with Crippen LogP contribution in [0.5, 0.6) is 5.75 Å². The highest BCUT2D eigenvalue weighted by molar-refractivity contribution is 6.05. The zero-order chi connectivity index (χ0) is 13.7. The molecular weight excluding hydrogens is 244 g/mol. The van der Waals surface area contributed by atoms with Gasteiger partial charge in [-0.1, -0.05) is 6.07 Å². The topological polar surface area (TPSA) is 90.1 Å². The summed E-state index contributed by atoms with van der Waals surface area (Å²) in [6.45, 7) is 2.46. The summed E-state index contributed by atoms with van der Waals surface area (Å²) in [7, 11) is 0. The lowest BCUT2D eigenvalue weighted by Gasteiger charge is -2.08. The van der Waals surface area contributed by atoms with Gasteiger partial charge in [0.1, 0.15) is 5.75 Å². The number of hydrogen-bond donors (Lipinski definition) is 2. The van der Waals surface area contributed by atoms with Crippen molar-refractivity contribution in [2.24, 2.45) is 0 Å². The summed E-state index contributed by atoms with van der Waals surface area (Å²) in [6.07, 6.45) is 2.85. The van der Waals surface area contributed by atoms with Crippen molar-refractivity contribution in [1.29, 1.82) is 0 Å². The van der Waals surface area contributed by atoms with E-state index < -0.39 is 5.91 Å². The third-order valence-electron chi connectivity index (χ3n) is 2.34. The molecule has 0 aliphatic rings. The molecule has 0 spiro atoms. The largest absolute Gasteiger partial charge is 0.494 e. The molecule has 0 saturated carbocycles. The Morgan fingerprint density at radius 3 is 2.89 bits per heavy atom. The highest BCUT2D eigenvalue weighted by atomic mass is 16.5. The van der Waals surface area contributed by atoms with Crippen molar-refractivity contribution in [3.05, 3.63) is 42.4 Å². The second kappa shape index (κ2) is 5.81. The van der Waals surface area contributed by atoms with E-state index >= 15 is 0 Å². The van der Waals surface area contributed by atoms with Crippen LogP contribution in [0.4, 0.5) is 11.5 Å². The van der Waals surface area contributed by atoms with Crippen LogP contribution in [-0.2, 0) is 0 Å². The lowest BCUT2D eigenvalue weighted by molar-refractivity contribution is 0.102. The van der Waals surface area contributed by atoms with Crippen molar-refractivity contribution < 1.29 is 9.53 Å². The van der Waals surface area contributed by atoms with Crippen molar-refractivity contribution in [3.8, 4) is 5.75 Å². The summed E-state index contributed by atoms with van der Waals surface area (Å²) in [5.74, 6) is 0.382. The molecule has 98 valence electrons. The molecule has 3 N–H and O–H groups in total. The lowest BCUT2D eigenvalue weighted by atomic mass is 10.3. The first-order valence-electron chi connectivity index (χ1n) is 5.81. The summed E-state index contributed by atoms with van der Waals surface area (Å²) in [5.41, 5.74) is 6.31. The Hall–Kier alpha value is -2.63. The number of rotatable bonds is 4. The number of nitrogen functional groups attached to an aromatic ring is 1. The molecule has 0 bridgehead atoms. The Morgan fingerprint density at radius 1 is 1.37 bits per heavy atom.